The Morgan fingerprint density at radius 3 is 2.79 bits per heavy atom. The third-order valence-electron chi connectivity index (χ3n) is 5.43. The van der Waals surface area contributed by atoms with Crippen molar-refractivity contribution < 1.29 is 14.3 Å². The highest BCUT2D eigenvalue weighted by atomic mass is 16.5. The maximum Gasteiger partial charge on any atom is 0.340 e. The van der Waals surface area contributed by atoms with Crippen LogP contribution in [0.2, 0.25) is 0 Å². The number of carbonyl (C=O) groups is 2. The van der Waals surface area contributed by atoms with E-state index in [9.17, 15) is 9.59 Å². The van der Waals surface area contributed by atoms with Crippen molar-refractivity contribution in [3.8, 4) is 0 Å². The van der Waals surface area contributed by atoms with Crippen LogP contribution in [0.1, 0.15) is 54.4 Å². The minimum atomic E-state index is -0.526. The number of hydrogen-bond acceptors (Lipinski definition) is 4. The van der Waals surface area contributed by atoms with Crippen molar-refractivity contribution in [1.82, 2.24) is 4.90 Å². The molecule has 1 aromatic rings. The summed E-state index contributed by atoms with van der Waals surface area (Å²) in [5, 5.41) is 0. The number of nitrogens with zero attached hydrogens (tertiary/aromatic N) is 1. The van der Waals surface area contributed by atoms with E-state index in [0.29, 0.717) is 23.2 Å². The summed E-state index contributed by atoms with van der Waals surface area (Å²) in [5.41, 5.74) is 7.50. The molecule has 3 rings (SSSR count). The van der Waals surface area contributed by atoms with Gasteiger partial charge in [0.15, 0.2) is 6.61 Å². The Kier molecular flexibility index (Phi) is 5.07. The quantitative estimate of drug-likeness (QED) is 0.683. The lowest BCUT2D eigenvalue weighted by Crippen LogP contribution is -2.50. The standard InChI is InChI=1S/C19H26N2O3/c1-13-6-4-9-15(18(13)20)19(23)24-12-17(22)21-11-5-8-14-7-2-3-10-16(14)21/h4,6,9,14,16H,2-3,5,7-8,10-12,20H2,1H3/t14-,16-/m1/s1. The van der Waals surface area contributed by atoms with Gasteiger partial charge in [-0.1, -0.05) is 25.0 Å². The lowest BCUT2D eigenvalue weighted by molar-refractivity contribution is -0.140. The van der Waals surface area contributed by atoms with Gasteiger partial charge >= 0.3 is 5.97 Å². The summed E-state index contributed by atoms with van der Waals surface area (Å²) in [6.45, 7) is 2.42. The second-order valence-corrected chi connectivity index (χ2v) is 6.95. The Labute approximate surface area is 143 Å². The molecule has 0 unspecified atom stereocenters. The van der Waals surface area contributed by atoms with Gasteiger partial charge in [-0.3, -0.25) is 4.79 Å². The van der Waals surface area contributed by atoms with E-state index in [4.69, 9.17) is 10.5 Å². The van der Waals surface area contributed by atoms with Crippen LogP contribution in [0.3, 0.4) is 0 Å². The van der Waals surface area contributed by atoms with E-state index in [2.05, 4.69) is 0 Å². The number of para-hydroxylation sites is 1. The van der Waals surface area contributed by atoms with Crippen molar-refractivity contribution in [3.05, 3.63) is 29.3 Å². The van der Waals surface area contributed by atoms with Crippen molar-refractivity contribution in [3.63, 3.8) is 0 Å². The van der Waals surface area contributed by atoms with E-state index in [1.54, 1.807) is 12.1 Å². The van der Waals surface area contributed by atoms with Gasteiger partial charge in [-0.05, 0) is 50.2 Å². The SMILES string of the molecule is Cc1cccc(C(=O)OCC(=O)N2CCC[C@H]3CCCC[C@H]32)c1N. The van der Waals surface area contributed by atoms with Crippen molar-refractivity contribution >= 4 is 17.6 Å². The first-order valence-corrected chi connectivity index (χ1v) is 8.89. The highest BCUT2D eigenvalue weighted by Gasteiger charge is 2.35. The minimum absolute atomic E-state index is 0.0776. The summed E-state index contributed by atoms with van der Waals surface area (Å²) in [7, 11) is 0. The van der Waals surface area contributed by atoms with Gasteiger partial charge in [0, 0.05) is 18.3 Å². The predicted molar refractivity (Wildman–Crippen MR) is 92.6 cm³/mol. The van der Waals surface area contributed by atoms with E-state index >= 15 is 0 Å². The summed E-state index contributed by atoms with van der Waals surface area (Å²) in [6.07, 6.45) is 7.01. The molecule has 2 atom stereocenters. The Morgan fingerprint density at radius 2 is 1.96 bits per heavy atom. The molecule has 1 amide bonds. The van der Waals surface area contributed by atoms with E-state index < -0.39 is 5.97 Å². The number of anilines is 1. The largest absolute Gasteiger partial charge is 0.452 e. The van der Waals surface area contributed by atoms with E-state index in [1.165, 1.54) is 25.7 Å². The number of likely N-dealkylation sites (tertiary alicyclic amines) is 1. The smallest absolute Gasteiger partial charge is 0.340 e. The van der Waals surface area contributed by atoms with E-state index in [0.717, 1.165) is 24.9 Å². The zero-order chi connectivity index (χ0) is 17.1. The van der Waals surface area contributed by atoms with Crippen molar-refractivity contribution in [2.45, 2.75) is 51.5 Å². The van der Waals surface area contributed by atoms with Crippen LogP contribution in [0.4, 0.5) is 5.69 Å². The summed E-state index contributed by atoms with van der Waals surface area (Å²) < 4.78 is 5.25. The van der Waals surface area contributed by atoms with Crippen LogP contribution in [-0.4, -0.2) is 36.0 Å². The molecule has 5 nitrogen and oxygen atoms in total. The number of hydrogen-bond donors (Lipinski definition) is 1. The van der Waals surface area contributed by atoms with E-state index in [-0.39, 0.29) is 12.5 Å². The molecule has 0 radical (unpaired) electrons. The van der Waals surface area contributed by atoms with Crippen LogP contribution in [0.5, 0.6) is 0 Å². The van der Waals surface area contributed by atoms with Crippen LogP contribution >= 0.6 is 0 Å². The molecular formula is C19H26N2O3. The summed E-state index contributed by atoms with van der Waals surface area (Å²) in [5.74, 6) is 0.0208. The fourth-order valence-electron chi connectivity index (χ4n) is 4.08. The number of aryl methyl sites for hydroxylation is 1. The molecule has 0 aromatic heterocycles. The van der Waals surface area contributed by atoms with Gasteiger partial charge in [-0.25, -0.2) is 4.79 Å². The fourth-order valence-corrected chi connectivity index (χ4v) is 4.08. The van der Waals surface area contributed by atoms with E-state index in [1.807, 2.05) is 17.9 Å². The number of carbonyl (C=O) groups excluding carboxylic acids is 2. The average molecular weight is 330 g/mol. The first-order valence-electron chi connectivity index (χ1n) is 8.89. The lowest BCUT2D eigenvalue weighted by atomic mass is 9.78. The molecule has 2 fully saturated rings. The summed E-state index contributed by atoms with van der Waals surface area (Å²) in [6, 6.07) is 5.57. The van der Waals surface area contributed by atoms with Gasteiger partial charge in [-0.15, -0.1) is 0 Å². The van der Waals surface area contributed by atoms with Crippen molar-refractivity contribution in [2.24, 2.45) is 5.92 Å². The number of piperidine rings is 1. The molecular weight excluding hydrogens is 304 g/mol. The molecule has 130 valence electrons. The monoisotopic (exact) mass is 330 g/mol. The number of benzene rings is 1. The maximum absolute atomic E-state index is 12.6. The second-order valence-electron chi connectivity index (χ2n) is 6.95. The second kappa shape index (κ2) is 7.24. The maximum atomic E-state index is 12.6. The van der Waals surface area contributed by atoms with Crippen LogP contribution < -0.4 is 5.73 Å². The van der Waals surface area contributed by atoms with Crippen LogP contribution in [-0.2, 0) is 9.53 Å². The molecule has 2 N–H and O–H groups in total. The zero-order valence-electron chi connectivity index (χ0n) is 14.3. The van der Waals surface area contributed by atoms with Gasteiger partial charge in [0.25, 0.3) is 5.91 Å². The molecule has 1 saturated carbocycles. The Balaban J connectivity index is 1.60. The Bertz CT molecular complexity index is 627. The summed E-state index contributed by atoms with van der Waals surface area (Å²) >= 11 is 0. The van der Waals surface area contributed by atoms with Crippen LogP contribution in [0.15, 0.2) is 18.2 Å². The number of fused-ring (bicyclic) bond motifs is 1. The molecule has 24 heavy (non-hydrogen) atoms. The third kappa shape index (κ3) is 3.40. The minimum Gasteiger partial charge on any atom is -0.452 e. The van der Waals surface area contributed by atoms with Crippen LogP contribution in [0, 0.1) is 12.8 Å². The average Bonchev–Trinajstić information content (AvgIpc) is 2.61. The van der Waals surface area contributed by atoms with Gasteiger partial charge in [0.1, 0.15) is 0 Å². The number of nitrogens with two attached hydrogens (primary N) is 1. The number of rotatable bonds is 3. The van der Waals surface area contributed by atoms with Gasteiger partial charge in [0.2, 0.25) is 0 Å². The zero-order valence-corrected chi connectivity index (χ0v) is 14.3. The molecule has 2 aliphatic rings. The lowest BCUT2D eigenvalue weighted by Gasteiger charge is -2.44. The molecule has 1 aliphatic carbocycles. The molecule has 5 heteroatoms. The molecule has 1 aliphatic heterocycles. The van der Waals surface area contributed by atoms with Crippen LogP contribution in [0.25, 0.3) is 0 Å². The number of ether oxygens (including phenoxy) is 1. The number of esters is 1. The topological polar surface area (TPSA) is 72.6 Å². The normalized spacial score (nSPS) is 23.5. The van der Waals surface area contributed by atoms with Gasteiger partial charge < -0.3 is 15.4 Å². The van der Waals surface area contributed by atoms with Crippen molar-refractivity contribution in [2.75, 3.05) is 18.9 Å². The molecule has 1 aromatic carbocycles. The fraction of sp³-hybridized carbons (Fsp3) is 0.579. The van der Waals surface area contributed by atoms with Crippen molar-refractivity contribution in [1.29, 1.82) is 0 Å². The summed E-state index contributed by atoms with van der Waals surface area (Å²) in [4.78, 5) is 26.7. The molecule has 0 spiro atoms. The Hall–Kier alpha value is -2.04. The number of amides is 1. The van der Waals surface area contributed by atoms with Gasteiger partial charge in [0.05, 0.1) is 5.56 Å². The first-order chi connectivity index (χ1) is 11.6. The third-order valence-corrected chi connectivity index (χ3v) is 5.43. The number of nitrogen functional groups attached to an aromatic ring is 1. The Morgan fingerprint density at radius 1 is 1.21 bits per heavy atom. The highest BCUT2D eigenvalue weighted by Crippen LogP contribution is 2.35. The molecule has 1 saturated heterocycles. The van der Waals surface area contributed by atoms with Gasteiger partial charge in [-0.2, -0.15) is 0 Å². The first kappa shape index (κ1) is 16.8. The molecule has 1 heterocycles. The highest BCUT2D eigenvalue weighted by molar-refractivity contribution is 5.96. The molecule has 0 bridgehead atoms. The predicted octanol–water partition coefficient (Wildman–Crippen LogP) is 2.92.